The Labute approximate surface area is 156 Å². The number of likely N-dealkylation sites (tertiary alicyclic amines) is 1. The van der Waals surface area contributed by atoms with Crippen molar-refractivity contribution in [1.29, 1.82) is 0 Å². The molecule has 0 amide bonds. The standard InChI is InChI=1S/C21H21ClF3N/c1-12-7-14(16-4-3-15(10-20(16)22)21(23,24)25)9-18-17(12)8-13-5-6-26(2)11-19(13)18/h3-4,7,9-10,13,19H,5-6,8,11H2,1-2H3/t13-,19-/m1/s1. The molecule has 0 radical (unpaired) electrons. The van der Waals surface area contributed by atoms with E-state index in [1.807, 2.05) is 0 Å². The molecular weight excluding hydrogens is 359 g/mol. The SMILES string of the molecule is Cc1cc(-c2ccc(C(F)(F)F)cc2Cl)cc2c1C[C@H]1CCN(C)C[C@@H]21. The summed E-state index contributed by atoms with van der Waals surface area (Å²) in [7, 11) is 2.15. The number of halogens is 4. The molecule has 1 aliphatic heterocycles. The number of rotatable bonds is 1. The van der Waals surface area contributed by atoms with E-state index in [4.69, 9.17) is 11.6 Å². The van der Waals surface area contributed by atoms with Crippen LogP contribution in [-0.4, -0.2) is 25.0 Å². The highest BCUT2D eigenvalue weighted by Gasteiger charge is 2.37. The van der Waals surface area contributed by atoms with E-state index in [0.717, 1.165) is 37.2 Å². The van der Waals surface area contributed by atoms with Crippen molar-refractivity contribution in [3.05, 3.63) is 57.6 Å². The van der Waals surface area contributed by atoms with Gasteiger partial charge >= 0.3 is 6.18 Å². The van der Waals surface area contributed by atoms with Crippen LogP contribution in [0.1, 0.15) is 34.6 Å². The van der Waals surface area contributed by atoms with E-state index in [9.17, 15) is 13.2 Å². The van der Waals surface area contributed by atoms with Gasteiger partial charge in [-0.1, -0.05) is 29.8 Å². The van der Waals surface area contributed by atoms with Crippen molar-refractivity contribution in [2.24, 2.45) is 5.92 Å². The van der Waals surface area contributed by atoms with Gasteiger partial charge in [0.05, 0.1) is 5.56 Å². The lowest BCUT2D eigenvalue weighted by Gasteiger charge is -2.33. The first kappa shape index (κ1) is 17.9. The van der Waals surface area contributed by atoms with Gasteiger partial charge in [0.1, 0.15) is 0 Å². The fraction of sp³-hybridized carbons (Fsp3) is 0.429. The van der Waals surface area contributed by atoms with Crippen molar-refractivity contribution >= 4 is 11.6 Å². The Morgan fingerprint density at radius 1 is 1.15 bits per heavy atom. The number of nitrogens with zero attached hydrogens (tertiary/aromatic N) is 1. The molecule has 1 nitrogen and oxygen atoms in total. The van der Waals surface area contributed by atoms with Crippen molar-refractivity contribution in [1.82, 2.24) is 4.90 Å². The molecule has 0 N–H and O–H groups in total. The summed E-state index contributed by atoms with van der Waals surface area (Å²) in [4.78, 5) is 2.36. The van der Waals surface area contributed by atoms with E-state index in [1.54, 1.807) is 0 Å². The third-order valence-electron chi connectivity index (χ3n) is 5.94. The van der Waals surface area contributed by atoms with Crippen molar-refractivity contribution in [2.45, 2.75) is 31.9 Å². The molecule has 2 atom stereocenters. The summed E-state index contributed by atoms with van der Waals surface area (Å²) >= 11 is 6.23. The number of aryl methyl sites for hydroxylation is 1. The third-order valence-corrected chi connectivity index (χ3v) is 6.25. The molecular formula is C21H21ClF3N. The van der Waals surface area contributed by atoms with E-state index in [0.29, 0.717) is 17.4 Å². The number of hydrogen-bond acceptors (Lipinski definition) is 1. The van der Waals surface area contributed by atoms with Gasteiger partial charge in [0, 0.05) is 23.0 Å². The smallest absolute Gasteiger partial charge is 0.306 e. The van der Waals surface area contributed by atoms with Gasteiger partial charge in [-0.15, -0.1) is 0 Å². The van der Waals surface area contributed by atoms with E-state index in [1.165, 1.54) is 29.2 Å². The van der Waals surface area contributed by atoms with Crippen LogP contribution in [0, 0.1) is 12.8 Å². The summed E-state index contributed by atoms with van der Waals surface area (Å²) in [5.74, 6) is 1.19. The first-order chi connectivity index (χ1) is 12.2. The van der Waals surface area contributed by atoms with Crippen LogP contribution in [-0.2, 0) is 12.6 Å². The highest BCUT2D eigenvalue weighted by Crippen LogP contribution is 2.46. The lowest BCUT2D eigenvalue weighted by molar-refractivity contribution is -0.137. The largest absolute Gasteiger partial charge is 0.416 e. The maximum Gasteiger partial charge on any atom is 0.416 e. The molecule has 138 valence electrons. The minimum atomic E-state index is -4.38. The first-order valence-electron chi connectivity index (χ1n) is 8.93. The molecule has 5 heteroatoms. The summed E-state index contributed by atoms with van der Waals surface area (Å²) < 4.78 is 38.7. The summed E-state index contributed by atoms with van der Waals surface area (Å²) in [5.41, 5.74) is 4.85. The number of benzene rings is 2. The second-order valence-corrected chi connectivity index (χ2v) is 8.08. The molecule has 1 saturated heterocycles. The normalized spacial score (nSPS) is 23.0. The van der Waals surface area contributed by atoms with Crippen molar-refractivity contribution in [2.75, 3.05) is 20.1 Å². The van der Waals surface area contributed by atoms with Crippen LogP contribution >= 0.6 is 11.6 Å². The topological polar surface area (TPSA) is 3.24 Å². The second-order valence-electron chi connectivity index (χ2n) is 7.67. The lowest BCUT2D eigenvalue weighted by atomic mass is 9.85. The van der Waals surface area contributed by atoms with Gasteiger partial charge in [-0.25, -0.2) is 0 Å². The van der Waals surface area contributed by atoms with Crippen LogP contribution in [0.3, 0.4) is 0 Å². The first-order valence-corrected chi connectivity index (χ1v) is 9.31. The van der Waals surface area contributed by atoms with Crippen LogP contribution < -0.4 is 0 Å². The third kappa shape index (κ3) is 3.03. The average Bonchev–Trinajstić information content (AvgIpc) is 2.92. The Morgan fingerprint density at radius 2 is 1.92 bits per heavy atom. The number of hydrogen-bond donors (Lipinski definition) is 0. The van der Waals surface area contributed by atoms with Crippen molar-refractivity contribution < 1.29 is 13.2 Å². The summed E-state index contributed by atoms with van der Waals surface area (Å²) in [6, 6.07) is 7.85. The van der Waals surface area contributed by atoms with Gasteiger partial charge in [0.25, 0.3) is 0 Å². The number of piperidine rings is 1. The van der Waals surface area contributed by atoms with E-state index < -0.39 is 11.7 Å². The van der Waals surface area contributed by atoms with Crippen molar-refractivity contribution in [3.63, 3.8) is 0 Å². The zero-order chi connectivity index (χ0) is 18.6. The molecule has 0 spiro atoms. The minimum absolute atomic E-state index is 0.148. The van der Waals surface area contributed by atoms with Gasteiger partial charge in [-0.05, 0) is 73.7 Å². The highest BCUT2D eigenvalue weighted by atomic mass is 35.5. The van der Waals surface area contributed by atoms with Gasteiger partial charge in [-0.2, -0.15) is 13.2 Å². The lowest BCUT2D eigenvalue weighted by Crippen LogP contribution is -2.34. The molecule has 0 aromatic heterocycles. The molecule has 1 heterocycles. The quantitative estimate of drug-likeness (QED) is 0.594. The Bertz CT molecular complexity index is 859. The fourth-order valence-corrected chi connectivity index (χ4v) is 4.85. The molecule has 2 aliphatic rings. The number of alkyl halides is 3. The predicted molar refractivity (Wildman–Crippen MR) is 98.7 cm³/mol. The molecule has 1 fully saturated rings. The average molecular weight is 380 g/mol. The molecule has 2 aromatic carbocycles. The minimum Gasteiger partial charge on any atom is -0.306 e. The van der Waals surface area contributed by atoms with E-state index >= 15 is 0 Å². The maximum atomic E-state index is 12.9. The zero-order valence-corrected chi connectivity index (χ0v) is 15.6. The monoisotopic (exact) mass is 379 g/mol. The van der Waals surface area contributed by atoms with Gasteiger partial charge in [0.15, 0.2) is 0 Å². The number of fused-ring (bicyclic) bond motifs is 3. The molecule has 4 rings (SSSR count). The van der Waals surface area contributed by atoms with Crippen LogP contribution in [0.2, 0.25) is 5.02 Å². The summed E-state index contributed by atoms with van der Waals surface area (Å²) in [6.45, 7) is 4.27. The maximum absolute atomic E-state index is 12.9. The molecule has 1 aliphatic carbocycles. The Kier molecular flexibility index (Phi) is 4.31. The van der Waals surface area contributed by atoms with Crippen LogP contribution in [0.25, 0.3) is 11.1 Å². The summed E-state index contributed by atoms with van der Waals surface area (Å²) in [6.07, 6.45) is -2.07. The predicted octanol–water partition coefficient (Wildman–Crippen LogP) is 5.93. The van der Waals surface area contributed by atoms with E-state index in [2.05, 4.69) is 31.0 Å². The van der Waals surface area contributed by atoms with Crippen LogP contribution in [0.4, 0.5) is 13.2 Å². The summed E-state index contributed by atoms with van der Waals surface area (Å²) in [5, 5.41) is 0.148. The zero-order valence-electron chi connectivity index (χ0n) is 14.8. The molecule has 0 saturated carbocycles. The molecule has 26 heavy (non-hydrogen) atoms. The van der Waals surface area contributed by atoms with Gasteiger partial charge in [-0.3, -0.25) is 0 Å². The van der Waals surface area contributed by atoms with Gasteiger partial charge in [0.2, 0.25) is 0 Å². The second kappa shape index (κ2) is 6.28. The molecule has 0 unspecified atom stereocenters. The Hall–Kier alpha value is -1.52. The Morgan fingerprint density at radius 3 is 2.62 bits per heavy atom. The Balaban J connectivity index is 1.76. The highest BCUT2D eigenvalue weighted by molar-refractivity contribution is 6.33. The van der Waals surface area contributed by atoms with Crippen LogP contribution in [0.15, 0.2) is 30.3 Å². The van der Waals surface area contributed by atoms with Gasteiger partial charge < -0.3 is 4.90 Å². The van der Waals surface area contributed by atoms with E-state index in [-0.39, 0.29) is 5.02 Å². The van der Waals surface area contributed by atoms with Crippen molar-refractivity contribution in [3.8, 4) is 11.1 Å². The molecule has 0 bridgehead atoms. The fourth-order valence-electron chi connectivity index (χ4n) is 4.56. The van der Waals surface area contributed by atoms with Crippen LogP contribution in [0.5, 0.6) is 0 Å². The number of likely N-dealkylation sites (N-methyl/N-ethyl adjacent to an activating group) is 1. The molecule has 2 aromatic rings.